The Morgan fingerprint density at radius 1 is 1.59 bits per heavy atom. The molecule has 1 rings (SSSR count). The van der Waals surface area contributed by atoms with Crippen LogP contribution in [0.4, 0.5) is 18.9 Å². The van der Waals surface area contributed by atoms with Crippen molar-refractivity contribution in [1.29, 1.82) is 0 Å². The van der Waals surface area contributed by atoms with E-state index in [1.54, 1.807) is 0 Å². The van der Waals surface area contributed by atoms with Gasteiger partial charge in [-0.3, -0.25) is 9.42 Å². The molecule has 0 aliphatic heterocycles. The van der Waals surface area contributed by atoms with Crippen molar-refractivity contribution < 1.29 is 27.4 Å². The number of halogens is 3. The summed E-state index contributed by atoms with van der Waals surface area (Å²) in [5.74, 6) is -0.752. The van der Waals surface area contributed by atoms with Gasteiger partial charge in [0.2, 0.25) is 0 Å². The van der Waals surface area contributed by atoms with Crippen molar-refractivity contribution in [1.82, 2.24) is 9.78 Å². The Balaban J connectivity index is 2.59. The molecule has 1 heterocycles. The lowest BCUT2D eigenvalue weighted by Gasteiger charge is -2.06. The smallest absolute Gasteiger partial charge is 0.464 e. The third-order valence-electron chi connectivity index (χ3n) is 1.75. The molecule has 0 aliphatic rings. The Bertz CT molecular complexity index is 402. The van der Waals surface area contributed by atoms with Crippen molar-refractivity contribution in [3.8, 4) is 0 Å². The summed E-state index contributed by atoms with van der Waals surface area (Å²) in [7, 11) is 1.15. The predicted molar refractivity (Wildman–Crippen MR) is 50.0 cm³/mol. The highest BCUT2D eigenvalue weighted by molar-refractivity contribution is 5.92. The number of ether oxygens (including phenoxy) is 2. The summed E-state index contributed by atoms with van der Waals surface area (Å²) in [4.78, 5) is 11.1. The highest BCUT2D eigenvalue weighted by Gasteiger charge is 2.28. The molecule has 0 spiro atoms. The van der Waals surface area contributed by atoms with E-state index in [-0.39, 0.29) is 17.9 Å². The Hall–Kier alpha value is -1.77. The topological polar surface area (TPSA) is 79.4 Å². The molecule has 0 amide bonds. The zero-order valence-corrected chi connectivity index (χ0v) is 8.82. The number of carbonyl (C=O) groups excluding carboxylic acids is 1. The lowest BCUT2D eigenvalue weighted by molar-refractivity contribution is -0.325. The lowest BCUT2D eigenvalue weighted by atomic mass is 10.4. The van der Waals surface area contributed by atoms with Crippen molar-refractivity contribution in [2.45, 2.75) is 12.9 Å². The molecule has 2 N–H and O–H groups in total. The Labute approximate surface area is 94.1 Å². The highest BCUT2D eigenvalue weighted by atomic mass is 19.4. The largest absolute Gasteiger partial charge is 0.522 e. The van der Waals surface area contributed by atoms with Crippen molar-refractivity contribution in [2.24, 2.45) is 0 Å². The average molecular weight is 253 g/mol. The van der Waals surface area contributed by atoms with Crippen molar-refractivity contribution in [3.63, 3.8) is 0 Å². The number of alkyl halides is 3. The van der Waals surface area contributed by atoms with Gasteiger partial charge in [-0.15, -0.1) is 13.2 Å². The zero-order chi connectivity index (χ0) is 13.1. The molecule has 1 aromatic heterocycles. The van der Waals surface area contributed by atoms with Crippen LogP contribution in [-0.4, -0.2) is 35.8 Å². The number of aromatic nitrogens is 2. The molecule has 9 heteroatoms. The van der Waals surface area contributed by atoms with Crippen LogP contribution in [0.5, 0.6) is 0 Å². The molecule has 0 unspecified atom stereocenters. The van der Waals surface area contributed by atoms with Gasteiger partial charge in [0, 0.05) is 6.20 Å². The van der Waals surface area contributed by atoms with Crippen LogP contribution in [-0.2, 0) is 16.0 Å². The molecule has 6 nitrogen and oxygen atoms in total. The number of hydrogen-bond acceptors (Lipinski definition) is 5. The van der Waals surface area contributed by atoms with Gasteiger partial charge in [0.25, 0.3) is 0 Å². The van der Waals surface area contributed by atoms with Crippen LogP contribution < -0.4 is 5.73 Å². The fourth-order valence-corrected chi connectivity index (χ4v) is 1.06. The fraction of sp³-hybridized carbons (Fsp3) is 0.500. The van der Waals surface area contributed by atoms with Gasteiger partial charge in [-0.05, 0) is 0 Å². The highest BCUT2D eigenvalue weighted by Crippen LogP contribution is 2.16. The average Bonchev–Trinajstić information content (AvgIpc) is 2.57. The van der Waals surface area contributed by atoms with E-state index < -0.39 is 18.9 Å². The third-order valence-corrected chi connectivity index (χ3v) is 1.75. The number of nitrogens with two attached hydrogens (primary N) is 1. The van der Waals surface area contributed by atoms with Crippen LogP contribution >= 0.6 is 0 Å². The quantitative estimate of drug-likeness (QED) is 0.802. The summed E-state index contributed by atoms with van der Waals surface area (Å²) in [6, 6.07) is 0. The number of rotatable bonds is 4. The van der Waals surface area contributed by atoms with Crippen LogP contribution in [0.15, 0.2) is 6.20 Å². The molecule has 0 saturated carbocycles. The number of nitrogen functional groups attached to an aromatic ring is 1. The van der Waals surface area contributed by atoms with Gasteiger partial charge in [0.05, 0.1) is 25.9 Å². The molecule has 0 fully saturated rings. The van der Waals surface area contributed by atoms with E-state index in [0.29, 0.717) is 0 Å². The van der Waals surface area contributed by atoms with Gasteiger partial charge in [-0.2, -0.15) is 5.10 Å². The number of anilines is 1. The summed E-state index contributed by atoms with van der Waals surface area (Å²) in [5.41, 5.74) is 5.32. The van der Waals surface area contributed by atoms with E-state index in [1.165, 1.54) is 6.20 Å². The minimum Gasteiger partial charge on any atom is -0.464 e. The van der Waals surface area contributed by atoms with E-state index in [1.807, 2.05) is 0 Å². The maximum absolute atomic E-state index is 11.7. The minimum atomic E-state index is -4.69. The summed E-state index contributed by atoms with van der Waals surface area (Å²) < 4.78 is 44.0. The summed E-state index contributed by atoms with van der Waals surface area (Å²) >= 11 is 0. The minimum absolute atomic E-state index is 0.0314. The molecule has 0 bridgehead atoms. The van der Waals surface area contributed by atoms with Crippen LogP contribution in [0.1, 0.15) is 10.5 Å². The van der Waals surface area contributed by atoms with Crippen molar-refractivity contribution >= 4 is 11.7 Å². The molecule has 0 atom stereocenters. The van der Waals surface area contributed by atoms with Crippen LogP contribution in [0, 0.1) is 0 Å². The maximum atomic E-state index is 11.7. The van der Waals surface area contributed by atoms with Gasteiger partial charge >= 0.3 is 12.3 Å². The van der Waals surface area contributed by atoms with E-state index in [4.69, 9.17) is 5.73 Å². The second-order valence-electron chi connectivity index (χ2n) is 2.98. The molecular formula is C8H10F3N3O3. The van der Waals surface area contributed by atoms with Crippen LogP contribution in [0.3, 0.4) is 0 Å². The first-order valence-electron chi connectivity index (χ1n) is 4.45. The van der Waals surface area contributed by atoms with Gasteiger partial charge in [0.15, 0.2) is 5.69 Å². The molecule has 0 aliphatic carbocycles. The maximum Gasteiger partial charge on any atom is 0.522 e. The van der Waals surface area contributed by atoms with E-state index in [9.17, 15) is 18.0 Å². The van der Waals surface area contributed by atoms with Gasteiger partial charge < -0.3 is 10.5 Å². The fourth-order valence-electron chi connectivity index (χ4n) is 1.06. The third kappa shape index (κ3) is 3.94. The number of nitrogens with zero attached hydrogens (tertiary/aromatic N) is 2. The SMILES string of the molecule is COC(=O)c1nn(CCOC(F)(F)F)cc1N. The number of hydrogen-bond donors (Lipinski definition) is 1. The normalized spacial score (nSPS) is 11.5. The van der Waals surface area contributed by atoms with Crippen molar-refractivity contribution in [2.75, 3.05) is 19.5 Å². The second kappa shape index (κ2) is 5.04. The Morgan fingerprint density at radius 3 is 2.76 bits per heavy atom. The van der Waals surface area contributed by atoms with Gasteiger partial charge in [-0.25, -0.2) is 4.79 Å². The van der Waals surface area contributed by atoms with E-state index in [2.05, 4.69) is 14.6 Å². The first kappa shape index (κ1) is 13.3. The Kier molecular flexibility index (Phi) is 3.94. The first-order valence-corrected chi connectivity index (χ1v) is 4.45. The summed E-state index contributed by atoms with van der Waals surface area (Å²) in [5, 5.41) is 3.67. The monoisotopic (exact) mass is 253 g/mol. The molecule has 96 valence electrons. The predicted octanol–water partition coefficient (Wildman–Crippen LogP) is 0.788. The molecule has 0 radical (unpaired) electrons. The van der Waals surface area contributed by atoms with Gasteiger partial charge in [0.1, 0.15) is 0 Å². The lowest BCUT2D eigenvalue weighted by Crippen LogP contribution is -2.17. The molecule has 0 aromatic carbocycles. The van der Waals surface area contributed by atoms with Crippen LogP contribution in [0.25, 0.3) is 0 Å². The molecule has 17 heavy (non-hydrogen) atoms. The number of esters is 1. The summed E-state index contributed by atoms with van der Waals surface area (Å²) in [6.45, 7) is -0.800. The number of carbonyl (C=O) groups is 1. The van der Waals surface area contributed by atoms with Gasteiger partial charge in [-0.1, -0.05) is 0 Å². The second-order valence-corrected chi connectivity index (χ2v) is 2.98. The van der Waals surface area contributed by atoms with Crippen LogP contribution in [0.2, 0.25) is 0 Å². The van der Waals surface area contributed by atoms with Crippen molar-refractivity contribution in [3.05, 3.63) is 11.9 Å². The van der Waals surface area contributed by atoms with E-state index in [0.717, 1.165) is 11.8 Å². The zero-order valence-electron chi connectivity index (χ0n) is 8.82. The molecule has 0 saturated heterocycles. The standard InChI is InChI=1S/C8H10F3N3O3/c1-16-7(15)6-5(12)4-14(13-6)2-3-17-8(9,10)11/h4H,2-3,12H2,1H3. The molecule has 1 aromatic rings. The molecular weight excluding hydrogens is 243 g/mol. The number of methoxy groups -OCH3 is 1. The van der Waals surface area contributed by atoms with E-state index >= 15 is 0 Å². The first-order chi connectivity index (χ1) is 7.83. The summed E-state index contributed by atoms with van der Waals surface area (Å²) in [6.07, 6.45) is -3.46. The Morgan fingerprint density at radius 2 is 2.24 bits per heavy atom.